The normalized spacial score (nSPS) is 19.0. The van der Waals surface area contributed by atoms with Crippen molar-refractivity contribution in [3.8, 4) is 0 Å². The molecule has 1 aromatic heterocycles. The number of nitrogens with zero attached hydrogens (tertiary/aromatic N) is 4. The number of rotatable bonds is 3. The van der Waals surface area contributed by atoms with E-state index in [4.69, 9.17) is 0 Å². The first-order valence-electron chi connectivity index (χ1n) is 6.17. The summed E-state index contributed by atoms with van der Waals surface area (Å²) >= 11 is 0. The molecule has 8 heteroatoms. The van der Waals surface area contributed by atoms with Crippen LogP contribution < -0.4 is 0 Å². The zero-order valence-corrected chi connectivity index (χ0v) is 10.6. The number of aromatic nitrogens is 2. The van der Waals surface area contributed by atoms with Crippen LogP contribution in [-0.2, 0) is 9.53 Å². The summed E-state index contributed by atoms with van der Waals surface area (Å²) in [6.45, 7) is 1.09. The number of hydrogen-bond donors (Lipinski definition) is 0. The van der Waals surface area contributed by atoms with E-state index in [1.807, 2.05) is 0 Å². The summed E-state index contributed by atoms with van der Waals surface area (Å²) in [7, 11) is 0. The number of hydrogen-bond acceptors (Lipinski definition) is 6. The zero-order valence-electron chi connectivity index (χ0n) is 10.6. The van der Waals surface area contributed by atoms with Gasteiger partial charge < -0.3 is 9.64 Å². The minimum absolute atomic E-state index is 0.0882. The predicted octanol–water partition coefficient (Wildman–Crippen LogP) is -0.473. The summed E-state index contributed by atoms with van der Waals surface area (Å²) in [4.78, 5) is 45.1. The molecule has 0 spiro atoms. The van der Waals surface area contributed by atoms with Gasteiger partial charge in [-0.3, -0.25) is 14.6 Å². The van der Waals surface area contributed by atoms with E-state index < -0.39 is 6.09 Å². The summed E-state index contributed by atoms with van der Waals surface area (Å²) in [5.41, 5.74) is 0.294. The first-order valence-corrected chi connectivity index (χ1v) is 6.17. The van der Waals surface area contributed by atoms with E-state index in [2.05, 4.69) is 14.7 Å². The maximum atomic E-state index is 12.0. The summed E-state index contributed by atoms with van der Waals surface area (Å²) in [5, 5.41) is 0. The Morgan fingerprint density at radius 2 is 2.15 bits per heavy atom. The van der Waals surface area contributed by atoms with E-state index in [0.717, 1.165) is 4.90 Å². The van der Waals surface area contributed by atoms with Crippen LogP contribution in [-0.4, -0.2) is 63.9 Å². The lowest BCUT2D eigenvalue weighted by atomic mass is 9.99. The van der Waals surface area contributed by atoms with Gasteiger partial charge in [0.2, 0.25) is 0 Å². The van der Waals surface area contributed by atoms with Gasteiger partial charge in [-0.25, -0.2) is 14.7 Å². The number of likely N-dealkylation sites (tertiary alicyclic amines) is 1. The van der Waals surface area contributed by atoms with Crippen molar-refractivity contribution in [3.63, 3.8) is 0 Å². The Kier molecular flexibility index (Phi) is 3.05. The van der Waals surface area contributed by atoms with Crippen molar-refractivity contribution in [2.75, 3.05) is 26.2 Å². The Hall–Kier alpha value is -2.51. The predicted molar refractivity (Wildman–Crippen MR) is 64.5 cm³/mol. The maximum Gasteiger partial charge on any atom is 0.417 e. The highest BCUT2D eigenvalue weighted by atomic mass is 16.6. The summed E-state index contributed by atoms with van der Waals surface area (Å²) in [6, 6.07) is 0. The van der Waals surface area contributed by atoms with Gasteiger partial charge in [0.25, 0.3) is 11.8 Å². The third-order valence-corrected chi connectivity index (χ3v) is 3.31. The number of imide groups is 1. The van der Waals surface area contributed by atoms with Crippen LogP contribution in [0.4, 0.5) is 4.79 Å². The monoisotopic (exact) mass is 276 g/mol. The molecule has 0 unspecified atom stereocenters. The Labute approximate surface area is 114 Å². The molecular weight excluding hydrogens is 264 g/mol. The number of carbonyl (C=O) groups excluding carboxylic acids is 3. The van der Waals surface area contributed by atoms with Crippen LogP contribution in [0.25, 0.3) is 0 Å². The third-order valence-electron chi connectivity index (χ3n) is 3.31. The van der Waals surface area contributed by atoms with Gasteiger partial charge in [0, 0.05) is 37.9 Å². The second-order valence-corrected chi connectivity index (χ2v) is 4.73. The summed E-state index contributed by atoms with van der Waals surface area (Å²) in [6.07, 6.45) is 3.77. The number of ether oxygens (including phenoxy) is 1. The van der Waals surface area contributed by atoms with E-state index in [1.165, 1.54) is 18.6 Å². The molecule has 0 atom stereocenters. The van der Waals surface area contributed by atoms with Crippen molar-refractivity contribution in [1.82, 2.24) is 19.8 Å². The second-order valence-electron chi connectivity index (χ2n) is 4.73. The lowest BCUT2D eigenvalue weighted by Gasteiger charge is -2.39. The van der Waals surface area contributed by atoms with Crippen molar-refractivity contribution in [2.24, 2.45) is 5.92 Å². The van der Waals surface area contributed by atoms with Gasteiger partial charge in [0.15, 0.2) is 6.61 Å². The Morgan fingerprint density at radius 1 is 1.35 bits per heavy atom. The smallest absolute Gasteiger partial charge is 0.417 e. The number of carbonyl (C=O) groups is 3. The highest BCUT2D eigenvalue weighted by Gasteiger charge is 2.38. The molecule has 2 fully saturated rings. The fourth-order valence-electron chi connectivity index (χ4n) is 2.24. The standard InChI is InChI=1S/C12H12N4O4/c17-10-7-20-12(19)16(10)6-8-4-15(5-8)11(18)9-3-13-1-2-14-9/h1-3,8H,4-7H2. The van der Waals surface area contributed by atoms with Crippen LogP contribution in [0.1, 0.15) is 10.5 Å². The summed E-state index contributed by atoms with van der Waals surface area (Å²) < 4.78 is 4.63. The molecule has 3 amide bonds. The second kappa shape index (κ2) is 4.87. The fraction of sp³-hybridized carbons (Fsp3) is 0.417. The van der Waals surface area contributed by atoms with Gasteiger partial charge in [-0.1, -0.05) is 0 Å². The highest BCUT2D eigenvalue weighted by molar-refractivity contribution is 5.98. The molecule has 0 N–H and O–H groups in total. The fourth-order valence-corrected chi connectivity index (χ4v) is 2.24. The molecule has 1 aromatic rings. The molecular formula is C12H12N4O4. The van der Waals surface area contributed by atoms with Crippen LogP contribution in [0.3, 0.4) is 0 Å². The van der Waals surface area contributed by atoms with Crippen molar-refractivity contribution < 1.29 is 19.1 Å². The minimum atomic E-state index is -0.603. The largest absolute Gasteiger partial charge is 0.439 e. The van der Waals surface area contributed by atoms with Crippen molar-refractivity contribution in [3.05, 3.63) is 24.3 Å². The lowest BCUT2D eigenvalue weighted by Crippen LogP contribution is -2.54. The molecule has 20 heavy (non-hydrogen) atoms. The van der Waals surface area contributed by atoms with Crippen LogP contribution in [0.2, 0.25) is 0 Å². The van der Waals surface area contributed by atoms with E-state index in [9.17, 15) is 14.4 Å². The maximum absolute atomic E-state index is 12.0. The minimum Gasteiger partial charge on any atom is -0.439 e. The molecule has 104 valence electrons. The zero-order chi connectivity index (χ0) is 14.1. The van der Waals surface area contributed by atoms with Crippen LogP contribution in [0.15, 0.2) is 18.6 Å². The van der Waals surface area contributed by atoms with Gasteiger partial charge in [0.05, 0.1) is 6.20 Å². The molecule has 2 aliphatic heterocycles. The molecule has 0 radical (unpaired) electrons. The average Bonchev–Trinajstić information content (AvgIpc) is 2.73. The average molecular weight is 276 g/mol. The Morgan fingerprint density at radius 3 is 2.75 bits per heavy atom. The third kappa shape index (κ3) is 2.20. The molecule has 3 heterocycles. The molecule has 0 aromatic carbocycles. The van der Waals surface area contributed by atoms with E-state index >= 15 is 0 Å². The highest BCUT2D eigenvalue weighted by Crippen LogP contribution is 2.20. The molecule has 8 nitrogen and oxygen atoms in total. The van der Waals surface area contributed by atoms with Crippen molar-refractivity contribution in [2.45, 2.75) is 0 Å². The molecule has 2 aliphatic rings. The Bertz CT molecular complexity index is 540. The van der Waals surface area contributed by atoms with E-state index in [-0.39, 0.29) is 24.3 Å². The first kappa shape index (κ1) is 12.5. The lowest BCUT2D eigenvalue weighted by molar-refractivity contribution is -0.126. The number of amides is 3. The SMILES string of the molecule is O=C(c1cnccn1)N1CC(CN2C(=O)COC2=O)C1. The van der Waals surface area contributed by atoms with E-state index in [1.54, 1.807) is 4.90 Å². The van der Waals surface area contributed by atoms with Gasteiger partial charge in [-0.2, -0.15) is 0 Å². The van der Waals surface area contributed by atoms with Crippen LogP contribution in [0, 0.1) is 5.92 Å². The van der Waals surface area contributed by atoms with Crippen LogP contribution in [0.5, 0.6) is 0 Å². The van der Waals surface area contributed by atoms with Gasteiger partial charge in [0.1, 0.15) is 5.69 Å². The van der Waals surface area contributed by atoms with Crippen molar-refractivity contribution in [1.29, 1.82) is 0 Å². The molecule has 3 rings (SSSR count). The van der Waals surface area contributed by atoms with Crippen LogP contribution >= 0.6 is 0 Å². The van der Waals surface area contributed by atoms with Gasteiger partial charge >= 0.3 is 6.09 Å². The molecule has 2 saturated heterocycles. The molecule has 0 aliphatic carbocycles. The van der Waals surface area contributed by atoms with Gasteiger partial charge in [-0.15, -0.1) is 0 Å². The quantitative estimate of drug-likeness (QED) is 0.740. The van der Waals surface area contributed by atoms with E-state index in [0.29, 0.717) is 25.3 Å². The topological polar surface area (TPSA) is 92.7 Å². The molecule has 0 bridgehead atoms. The number of cyclic esters (lactones) is 1. The molecule has 0 saturated carbocycles. The Balaban J connectivity index is 1.53. The van der Waals surface area contributed by atoms with Crippen molar-refractivity contribution >= 4 is 17.9 Å². The summed E-state index contributed by atoms with van der Waals surface area (Å²) in [5.74, 6) is -0.427. The first-order chi connectivity index (χ1) is 9.65. The van der Waals surface area contributed by atoms with Gasteiger partial charge in [-0.05, 0) is 0 Å².